The molecular weight excluding hydrogens is 326 g/mol. The summed E-state index contributed by atoms with van der Waals surface area (Å²) in [6.07, 6.45) is 2.39. The van der Waals surface area contributed by atoms with Gasteiger partial charge >= 0.3 is 0 Å². The van der Waals surface area contributed by atoms with Gasteiger partial charge in [0.05, 0.1) is 6.04 Å². The van der Waals surface area contributed by atoms with E-state index < -0.39 is 6.04 Å². The first-order valence-electron chi connectivity index (χ1n) is 8.75. The Balaban J connectivity index is 1.77. The summed E-state index contributed by atoms with van der Waals surface area (Å²) < 4.78 is 0. The van der Waals surface area contributed by atoms with Gasteiger partial charge in [-0.05, 0) is 24.1 Å². The molecule has 2 aromatic rings. The van der Waals surface area contributed by atoms with E-state index in [1.807, 2.05) is 60.7 Å². The largest absolute Gasteiger partial charge is 0.338 e. The van der Waals surface area contributed by atoms with Gasteiger partial charge in [0, 0.05) is 18.8 Å². The predicted octanol–water partition coefficient (Wildman–Crippen LogP) is 2.74. The quantitative estimate of drug-likeness (QED) is 0.756. The monoisotopic (exact) mass is 349 g/mol. The van der Waals surface area contributed by atoms with Crippen molar-refractivity contribution < 1.29 is 9.59 Å². The van der Waals surface area contributed by atoms with Crippen LogP contribution in [0.25, 0.3) is 0 Å². The molecule has 0 bridgehead atoms. The zero-order valence-electron chi connectivity index (χ0n) is 14.6. The summed E-state index contributed by atoms with van der Waals surface area (Å²) in [4.78, 5) is 27.2. The average Bonchev–Trinajstić information content (AvgIpc) is 3.01. The predicted molar refractivity (Wildman–Crippen MR) is 103 cm³/mol. The lowest BCUT2D eigenvalue weighted by Gasteiger charge is -2.22. The van der Waals surface area contributed by atoms with Crippen LogP contribution in [-0.2, 0) is 9.59 Å². The molecule has 2 amide bonds. The van der Waals surface area contributed by atoms with Gasteiger partial charge in [-0.2, -0.15) is 0 Å². The second kappa shape index (κ2) is 8.45. The lowest BCUT2D eigenvalue weighted by molar-refractivity contribution is -0.129. The smallest absolute Gasteiger partial charge is 0.246 e. The Morgan fingerprint density at radius 3 is 2.46 bits per heavy atom. The molecule has 0 saturated carbocycles. The molecule has 2 aromatic carbocycles. The fourth-order valence-electron chi connectivity index (χ4n) is 3.14. The van der Waals surface area contributed by atoms with Gasteiger partial charge in [-0.3, -0.25) is 14.9 Å². The maximum Gasteiger partial charge on any atom is 0.246 e. The number of amides is 2. The van der Waals surface area contributed by atoms with Crippen LogP contribution in [0.5, 0.6) is 0 Å². The van der Waals surface area contributed by atoms with Gasteiger partial charge in [0.2, 0.25) is 11.8 Å². The molecule has 5 nitrogen and oxygen atoms in total. The minimum atomic E-state index is -0.603. The molecule has 2 atom stereocenters. The molecule has 2 N–H and O–H groups in total. The number of para-hydroxylation sites is 1. The van der Waals surface area contributed by atoms with Gasteiger partial charge in [-0.1, -0.05) is 54.6 Å². The van der Waals surface area contributed by atoms with E-state index in [2.05, 4.69) is 17.2 Å². The zero-order valence-corrected chi connectivity index (χ0v) is 14.6. The third kappa shape index (κ3) is 4.18. The highest BCUT2D eigenvalue weighted by Gasteiger charge is 2.34. The van der Waals surface area contributed by atoms with E-state index in [9.17, 15) is 9.59 Å². The summed E-state index contributed by atoms with van der Waals surface area (Å²) >= 11 is 0. The van der Waals surface area contributed by atoms with E-state index in [0.717, 1.165) is 11.3 Å². The van der Waals surface area contributed by atoms with E-state index in [1.54, 1.807) is 11.0 Å². The number of carbonyl (C=O) groups excluding carboxylic acids is 2. The lowest BCUT2D eigenvalue weighted by Crippen LogP contribution is -2.44. The highest BCUT2D eigenvalue weighted by Crippen LogP contribution is 2.20. The Kier molecular flexibility index (Phi) is 5.81. The summed E-state index contributed by atoms with van der Waals surface area (Å²) in [5.41, 5.74) is 1.56. The summed E-state index contributed by atoms with van der Waals surface area (Å²) in [7, 11) is 0. The average molecular weight is 349 g/mol. The number of carbonyl (C=O) groups is 2. The van der Waals surface area contributed by atoms with Crippen LogP contribution in [0.15, 0.2) is 73.3 Å². The maximum absolute atomic E-state index is 12.9. The van der Waals surface area contributed by atoms with Gasteiger partial charge in [0.1, 0.15) is 6.04 Å². The number of anilines is 1. The van der Waals surface area contributed by atoms with Crippen LogP contribution < -0.4 is 10.6 Å². The number of rotatable bonds is 7. The Hall–Kier alpha value is -2.92. The first-order chi connectivity index (χ1) is 12.7. The van der Waals surface area contributed by atoms with Crippen LogP contribution in [0.2, 0.25) is 0 Å². The van der Waals surface area contributed by atoms with Crippen molar-refractivity contribution in [2.75, 3.05) is 18.4 Å². The first kappa shape index (κ1) is 17.9. The number of hydrogen-bond acceptors (Lipinski definition) is 3. The third-order valence-electron chi connectivity index (χ3n) is 4.45. The van der Waals surface area contributed by atoms with E-state index in [4.69, 9.17) is 0 Å². The summed E-state index contributed by atoms with van der Waals surface area (Å²) in [6, 6.07) is 17.8. The van der Waals surface area contributed by atoms with Crippen molar-refractivity contribution >= 4 is 17.5 Å². The topological polar surface area (TPSA) is 61.4 Å². The van der Waals surface area contributed by atoms with Crippen LogP contribution in [0, 0.1) is 0 Å². The fraction of sp³-hybridized carbons (Fsp3) is 0.238. The summed E-state index contributed by atoms with van der Waals surface area (Å²) in [5, 5.41) is 6.18. The van der Waals surface area contributed by atoms with Crippen molar-refractivity contribution in [3.05, 3.63) is 78.9 Å². The number of nitrogens with zero attached hydrogens (tertiary/aromatic N) is 1. The van der Waals surface area contributed by atoms with Crippen molar-refractivity contribution in [2.24, 2.45) is 0 Å². The molecule has 1 aliphatic heterocycles. The molecule has 3 rings (SSSR count). The molecule has 1 heterocycles. The van der Waals surface area contributed by atoms with E-state index in [-0.39, 0.29) is 17.9 Å². The first-order valence-corrected chi connectivity index (χ1v) is 8.75. The van der Waals surface area contributed by atoms with Crippen LogP contribution >= 0.6 is 0 Å². The maximum atomic E-state index is 12.9. The van der Waals surface area contributed by atoms with Crippen molar-refractivity contribution in [1.82, 2.24) is 10.2 Å². The molecule has 5 heteroatoms. The molecule has 0 radical (unpaired) electrons. The molecule has 1 saturated heterocycles. The molecule has 134 valence electrons. The summed E-state index contributed by atoms with van der Waals surface area (Å²) in [5.74, 6) is -0.171. The fourth-order valence-corrected chi connectivity index (χ4v) is 3.14. The van der Waals surface area contributed by atoms with Gasteiger partial charge < -0.3 is 10.2 Å². The third-order valence-corrected chi connectivity index (χ3v) is 4.45. The highest BCUT2D eigenvalue weighted by atomic mass is 16.2. The second-order valence-corrected chi connectivity index (χ2v) is 6.28. The summed E-state index contributed by atoms with van der Waals surface area (Å²) in [6.45, 7) is 4.89. The lowest BCUT2D eigenvalue weighted by atomic mass is 10.0. The Morgan fingerprint density at radius 2 is 1.81 bits per heavy atom. The molecule has 0 unspecified atom stereocenters. The Morgan fingerprint density at radius 1 is 1.15 bits per heavy atom. The van der Waals surface area contributed by atoms with Gasteiger partial charge in [0.15, 0.2) is 0 Å². The number of likely N-dealkylation sites (tertiary alicyclic amines) is 1. The number of nitrogens with one attached hydrogen (secondary N) is 2. The van der Waals surface area contributed by atoms with E-state index in [0.29, 0.717) is 19.5 Å². The van der Waals surface area contributed by atoms with Gasteiger partial charge in [-0.25, -0.2) is 0 Å². The van der Waals surface area contributed by atoms with Gasteiger partial charge in [-0.15, -0.1) is 6.58 Å². The van der Waals surface area contributed by atoms with Crippen molar-refractivity contribution in [3.63, 3.8) is 0 Å². The van der Waals surface area contributed by atoms with E-state index in [1.165, 1.54) is 0 Å². The molecule has 0 aromatic heterocycles. The van der Waals surface area contributed by atoms with Crippen molar-refractivity contribution in [1.29, 1.82) is 0 Å². The molecule has 0 aliphatic carbocycles. The van der Waals surface area contributed by atoms with E-state index >= 15 is 0 Å². The normalized spacial score (nSPS) is 17.8. The molecule has 26 heavy (non-hydrogen) atoms. The minimum absolute atomic E-state index is 0.0124. The minimum Gasteiger partial charge on any atom is -0.338 e. The van der Waals surface area contributed by atoms with Crippen molar-refractivity contribution in [3.8, 4) is 0 Å². The Bertz CT molecular complexity index is 761. The van der Waals surface area contributed by atoms with Crippen LogP contribution in [-0.4, -0.2) is 35.8 Å². The molecule has 1 fully saturated rings. The number of hydrogen-bond donors (Lipinski definition) is 2. The van der Waals surface area contributed by atoms with Gasteiger partial charge in [0.25, 0.3) is 0 Å². The second-order valence-electron chi connectivity index (χ2n) is 6.28. The SMILES string of the molecule is C=CCN1CC[C@H](N[C@@H](C(=O)Nc2ccccc2)c2ccccc2)C1=O. The standard InChI is InChI=1S/C21H23N3O2/c1-2-14-24-15-13-18(21(24)26)23-19(16-9-5-3-6-10-16)20(25)22-17-11-7-4-8-12-17/h2-12,18-19,23H,1,13-15H2,(H,22,25)/t18-,19+/m0/s1. The van der Waals surface area contributed by atoms with Crippen LogP contribution in [0.4, 0.5) is 5.69 Å². The number of benzene rings is 2. The van der Waals surface area contributed by atoms with Crippen LogP contribution in [0.3, 0.4) is 0 Å². The van der Waals surface area contributed by atoms with Crippen LogP contribution in [0.1, 0.15) is 18.0 Å². The molecule has 0 spiro atoms. The Labute approximate surface area is 153 Å². The highest BCUT2D eigenvalue weighted by molar-refractivity contribution is 5.96. The zero-order chi connectivity index (χ0) is 18.4. The van der Waals surface area contributed by atoms with Crippen molar-refractivity contribution in [2.45, 2.75) is 18.5 Å². The molecular formula is C21H23N3O2. The molecule has 1 aliphatic rings.